The minimum absolute atomic E-state index is 0.0188. The van der Waals surface area contributed by atoms with Crippen LogP contribution in [0.5, 0.6) is 0 Å². The fourth-order valence-electron chi connectivity index (χ4n) is 2.99. The third-order valence-electron chi connectivity index (χ3n) is 4.35. The quantitative estimate of drug-likeness (QED) is 0.462. The van der Waals surface area contributed by atoms with Crippen LogP contribution in [0.15, 0.2) is 36.5 Å². The standard InChI is InChI=1S/C20H26N2O4S/c23-18(15-16-5-1-2-11-21-16)10-9-17-6-3-7-19(24)22(17)12-14-27-13-4-8-20(25)26/h1-2,5,9-11,17H,3-4,6-8,12-15H2,(H,25,26)/b10-9+/t17-/m1/s1. The molecule has 0 bridgehead atoms. The Morgan fingerprint density at radius 3 is 2.93 bits per heavy atom. The number of allylic oxidation sites excluding steroid dienone is 1. The first kappa shape index (κ1) is 21.2. The van der Waals surface area contributed by atoms with Gasteiger partial charge in [0.2, 0.25) is 5.91 Å². The number of hydrogen-bond acceptors (Lipinski definition) is 5. The molecule has 0 spiro atoms. The van der Waals surface area contributed by atoms with Crippen molar-refractivity contribution in [3.8, 4) is 0 Å². The normalized spacial score (nSPS) is 17.4. The van der Waals surface area contributed by atoms with Gasteiger partial charge in [-0.1, -0.05) is 12.1 Å². The Bertz CT molecular complexity index is 663. The smallest absolute Gasteiger partial charge is 0.303 e. The van der Waals surface area contributed by atoms with E-state index in [1.807, 2.05) is 29.2 Å². The summed E-state index contributed by atoms with van der Waals surface area (Å²) >= 11 is 1.66. The number of likely N-dealkylation sites (tertiary alicyclic amines) is 1. The van der Waals surface area contributed by atoms with Crippen LogP contribution in [0.25, 0.3) is 0 Å². The molecule has 0 radical (unpaired) electrons. The number of pyridine rings is 1. The second-order valence-electron chi connectivity index (χ2n) is 6.48. The van der Waals surface area contributed by atoms with E-state index in [-0.39, 0.29) is 30.6 Å². The molecule has 1 N–H and O–H groups in total. The van der Waals surface area contributed by atoms with Crippen LogP contribution in [-0.4, -0.2) is 56.7 Å². The number of nitrogens with zero attached hydrogens (tertiary/aromatic N) is 2. The Kier molecular flexibility index (Phi) is 9.04. The van der Waals surface area contributed by atoms with Gasteiger partial charge in [-0.25, -0.2) is 0 Å². The van der Waals surface area contributed by atoms with Gasteiger partial charge in [-0.3, -0.25) is 19.4 Å². The zero-order valence-electron chi connectivity index (χ0n) is 15.4. The fraction of sp³-hybridized carbons (Fsp3) is 0.500. The molecule has 7 heteroatoms. The van der Waals surface area contributed by atoms with Crippen molar-refractivity contribution in [3.05, 3.63) is 42.2 Å². The summed E-state index contributed by atoms with van der Waals surface area (Å²) in [6.45, 7) is 0.625. The van der Waals surface area contributed by atoms with E-state index in [2.05, 4.69) is 4.98 Å². The highest BCUT2D eigenvalue weighted by Gasteiger charge is 2.25. The van der Waals surface area contributed by atoms with Crippen molar-refractivity contribution in [2.75, 3.05) is 18.1 Å². The van der Waals surface area contributed by atoms with Crippen LogP contribution in [0.3, 0.4) is 0 Å². The Morgan fingerprint density at radius 2 is 2.19 bits per heavy atom. The number of aliphatic carboxylic acids is 1. The van der Waals surface area contributed by atoms with Crippen LogP contribution in [0.4, 0.5) is 0 Å². The lowest BCUT2D eigenvalue weighted by Gasteiger charge is -2.34. The summed E-state index contributed by atoms with van der Waals surface area (Å²) in [6.07, 6.45) is 8.42. The van der Waals surface area contributed by atoms with E-state index >= 15 is 0 Å². The number of hydrogen-bond donors (Lipinski definition) is 1. The summed E-state index contributed by atoms with van der Waals surface area (Å²) < 4.78 is 0. The predicted molar refractivity (Wildman–Crippen MR) is 106 cm³/mol. The maximum atomic E-state index is 12.3. The number of piperidine rings is 1. The number of carbonyl (C=O) groups is 3. The average Bonchev–Trinajstić information content (AvgIpc) is 2.65. The highest BCUT2D eigenvalue weighted by molar-refractivity contribution is 7.99. The number of aromatic nitrogens is 1. The summed E-state index contributed by atoms with van der Waals surface area (Å²) in [6, 6.07) is 5.45. The molecule has 0 unspecified atom stereocenters. The summed E-state index contributed by atoms with van der Waals surface area (Å²) in [4.78, 5) is 40.9. The molecule has 2 rings (SSSR count). The van der Waals surface area contributed by atoms with Crippen LogP contribution in [0, 0.1) is 0 Å². The molecule has 0 aliphatic carbocycles. The lowest BCUT2D eigenvalue weighted by atomic mass is 10.0. The number of ketones is 1. The summed E-state index contributed by atoms with van der Waals surface area (Å²) in [5.41, 5.74) is 0.737. The van der Waals surface area contributed by atoms with Crippen molar-refractivity contribution in [2.24, 2.45) is 0 Å². The van der Waals surface area contributed by atoms with E-state index in [4.69, 9.17) is 5.11 Å². The van der Waals surface area contributed by atoms with Crippen LogP contribution < -0.4 is 0 Å². The number of carboxylic acids is 1. The van der Waals surface area contributed by atoms with Crippen molar-refractivity contribution < 1.29 is 19.5 Å². The molecule has 0 saturated carbocycles. The maximum Gasteiger partial charge on any atom is 0.303 e. The molecule has 1 fully saturated rings. The second kappa shape index (κ2) is 11.5. The molecule has 1 aliphatic heterocycles. The Morgan fingerprint density at radius 1 is 1.33 bits per heavy atom. The first-order valence-electron chi connectivity index (χ1n) is 9.26. The first-order chi connectivity index (χ1) is 13.1. The molecular formula is C20H26N2O4S. The van der Waals surface area contributed by atoms with Crippen LogP contribution in [0.2, 0.25) is 0 Å². The summed E-state index contributed by atoms with van der Waals surface area (Å²) in [7, 11) is 0. The lowest BCUT2D eigenvalue weighted by Crippen LogP contribution is -2.43. The molecule has 1 aromatic rings. The Hall–Kier alpha value is -2.15. The first-order valence-corrected chi connectivity index (χ1v) is 10.4. The molecule has 0 aromatic carbocycles. The molecule has 1 aromatic heterocycles. The second-order valence-corrected chi connectivity index (χ2v) is 7.70. The van der Waals surface area contributed by atoms with E-state index in [0.717, 1.165) is 30.0 Å². The number of carboxylic acid groups (broad SMARTS) is 1. The fourth-order valence-corrected chi connectivity index (χ4v) is 3.86. The SMILES string of the molecule is O=C(O)CCCSCCN1C(=O)CCC[C@@H]1/C=C/C(=O)Cc1ccccn1. The monoisotopic (exact) mass is 390 g/mol. The summed E-state index contributed by atoms with van der Waals surface area (Å²) in [5.74, 6) is 0.880. The molecule has 146 valence electrons. The molecular weight excluding hydrogens is 364 g/mol. The number of carbonyl (C=O) groups excluding carboxylic acids is 2. The van der Waals surface area contributed by atoms with Gasteiger partial charge in [0.25, 0.3) is 0 Å². The maximum absolute atomic E-state index is 12.3. The zero-order valence-corrected chi connectivity index (χ0v) is 16.2. The van der Waals surface area contributed by atoms with Gasteiger partial charge >= 0.3 is 5.97 Å². The molecule has 2 heterocycles. The van der Waals surface area contributed by atoms with Crippen molar-refractivity contribution >= 4 is 29.4 Å². The van der Waals surface area contributed by atoms with Gasteiger partial charge in [0.05, 0.1) is 12.5 Å². The highest BCUT2D eigenvalue weighted by atomic mass is 32.2. The van der Waals surface area contributed by atoms with Gasteiger partial charge in [-0.2, -0.15) is 11.8 Å². The van der Waals surface area contributed by atoms with Crippen molar-refractivity contribution in [1.29, 1.82) is 0 Å². The largest absolute Gasteiger partial charge is 0.481 e. The topological polar surface area (TPSA) is 87.6 Å². The van der Waals surface area contributed by atoms with Crippen LogP contribution in [-0.2, 0) is 20.8 Å². The average molecular weight is 391 g/mol. The van der Waals surface area contributed by atoms with E-state index in [9.17, 15) is 14.4 Å². The minimum atomic E-state index is -0.776. The highest BCUT2D eigenvalue weighted by Crippen LogP contribution is 2.20. The van der Waals surface area contributed by atoms with Crippen molar-refractivity contribution in [2.45, 2.75) is 44.6 Å². The van der Waals surface area contributed by atoms with Gasteiger partial charge in [-0.15, -0.1) is 0 Å². The number of rotatable bonds is 11. The molecule has 1 atom stereocenters. The van der Waals surface area contributed by atoms with Crippen molar-refractivity contribution in [1.82, 2.24) is 9.88 Å². The van der Waals surface area contributed by atoms with Gasteiger partial charge in [0.15, 0.2) is 5.78 Å². The van der Waals surface area contributed by atoms with E-state index in [1.165, 1.54) is 0 Å². The molecule has 6 nitrogen and oxygen atoms in total. The van der Waals surface area contributed by atoms with Crippen LogP contribution >= 0.6 is 11.8 Å². The van der Waals surface area contributed by atoms with Gasteiger partial charge < -0.3 is 10.0 Å². The molecule has 1 saturated heterocycles. The number of amides is 1. The Balaban J connectivity index is 1.80. The van der Waals surface area contributed by atoms with E-state index in [1.54, 1.807) is 24.0 Å². The number of thioether (sulfide) groups is 1. The third kappa shape index (κ3) is 7.95. The van der Waals surface area contributed by atoms with E-state index in [0.29, 0.717) is 19.4 Å². The lowest BCUT2D eigenvalue weighted by molar-refractivity contribution is -0.137. The van der Waals surface area contributed by atoms with Gasteiger partial charge in [0, 0.05) is 37.0 Å². The summed E-state index contributed by atoms with van der Waals surface area (Å²) in [5, 5.41) is 8.64. The van der Waals surface area contributed by atoms with E-state index < -0.39 is 5.97 Å². The van der Waals surface area contributed by atoms with Crippen LogP contribution in [0.1, 0.15) is 37.8 Å². The third-order valence-corrected chi connectivity index (χ3v) is 5.40. The van der Waals surface area contributed by atoms with Gasteiger partial charge in [-0.05, 0) is 43.2 Å². The minimum Gasteiger partial charge on any atom is -0.481 e. The zero-order chi connectivity index (χ0) is 19.5. The molecule has 1 aliphatic rings. The Labute approximate surface area is 164 Å². The molecule has 27 heavy (non-hydrogen) atoms. The van der Waals surface area contributed by atoms with Gasteiger partial charge in [0.1, 0.15) is 0 Å². The van der Waals surface area contributed by atoms with Crippen molar-refractivity contribution in [3.63, 3.8) is 0 Å². The predicted octanol–water partition coefficient (Wildman–Crippen LogP) is 2.73. The molecule has 1 amide bonds.